The van der Waals surface area contributed by atoms with Gasteiger partial charge in [-0.05, 0) is 40.5 Å². The highest BCUT2D eigenvalue weighted by atomic mass is 16.6. The highest BCUT2D eigenvalue weighted by molar-refractivity contribution is 5.69. The number of aliphatic hydroxyl groups excluding tert-OH is 1. The van der Waals surface area contributed by atoms with E-state index in [4.69, 9.17) is 4.74 Å². The van der Waals surface area contributed by atoms with Crippen molar-refractivity contribution < 1.29 is 19.7 Å². The molecule has 2 atom stereocenters. The predicted octanol–water partition coefficient (Wildman–Crippen LogP) is 1.13. The largest absolute Gasteiger partial charge is 0.444 e. The van der Waals surface area contributed by atoms with Gasteiger partial charge in [0.2, 0.25) is 0 Å². The van der Waals surface area contributed by atoms with Crippen LogP contribution in [0.1, 0.15) is 40.5 Å². The van der Waals surface area contributed by atoms with Crippen LogP contribution in [0.5, 0.6) is 0 Å². The molecule has 17 heavy (non-hydrogen) atoms. The van der Waals surface area contributed by atoms with Crippen molar-refractivity contribution in [1.29, 1.82) is 0 Å². The molecule has 0 spiro atoms. The smallest absolute Gasteiger partial charge is 0.410 e. The lowest BCUT2D eigenvalue weighted by molar-refractivity contribution is -0.0877. The van der Waals surface area contributed by atoms with Crippen LogP contribution in [0.3, 0.4) is 0 Å². The van der Waals surface area contributed by atoms with Crippen LogP contribution in [-0.4, -0.2) is 51.6 Å². The van der Waals surface area contributed by atoms with E-state index in [-0.39, 0.29) is 6.61 Å². The van der Waals surface area contributed by atoms with Crippen LogP contribution in [0.25, 0.3) is 0 Å². The Hall–Kier alpha value is -0.810. The minimum Gasteiger partial charge on any atom is -0.444 e. The lowest BCUT2D eigenvalue weighted by Crippen LogP contribution is -2.59. The average Bonchev–Trinajstić information content (AvgIpc) is 2.13. The van der Waals surface area contributed by atoms with Crippen molar-refractivity contribution in [3.63, 3.8) is 0 Å². The average molecular weight is 245 g/mol. The molecule has 1 aliphatic heterocycles. The Balaban J connectivity index is 2.78. The second kappa shape index (κ2) is 4.82. The Kier molecular flexibility index (Phi) is 4.04. The molecule has 1 amide bonds. The topological polar surface area (TPSA) is 70.0 Å². The van der Waals surface area contributed by atoms with Crippen LogP contribution in [-0.2, 0) is 4.74 Å². The third-order valence-corrected chi connectivity index (χ3v) is 2.98. The monoisotopic (exact) mass is 245 g/mol. The number of nitrogens with zero attached hydrogens (tertiary/aromatic N) is 1. The SMILES string of the molecule is CC(C)(C)OC(=O)N1CCC[C@@](C)(O)[C@@H]1CO. The molecule has 100 valence electrons. The second-order valence-electron chi connectivity index (χ2n) is 5.83. The van der Waals surface area contributed by atoms with Gasteiger partial charge < -0.3 is 19.8 Å². The molecule has 5 heteroatoms. The van der Waals surface area contributed by atoms with Crippen molar-refractivity contribution in [3.05, 3.63) is 0 Å². The molecule has 0 aromatic carbocycles. The minimum absolute atomic E-state index is 0.258. The fourth-order valence-corrected chi connectivity index (χ4v) is 2.10. The quantitative estimate of drug-likeness (QED) is 0.726. The number of ether oxygens (including phenoxy) is 1. The third-order valence-electron chi connectivity index (χ3n) is 2.98. The van der Waals surface area contributed by atoms with E-state index in [0.29, 0.717) is 19.4 Å². The van der Waals surface area contributed by atoms with E-state index in [1.165, 1.54) is 4.90 Å². The molecule has 0 aromatic rings. The van der Waals surface area contributed by atoms with Crippen LogP contribution >= 0.6 is 0 Å². The van der Waals surface area contributed by atoms with Crippen molar-refractivity contribution >= 4 is 6.09 Å². The fraction of sp³-hybridized carbons (Fsp3) is 0.917. The first-order valence-electron chi connectivity index (χ1n) is 6.00. The molecule has 2 N–H and O–H groups in total. The second-order valence-corrected chi connectivity index (χ2v) is 5.83. The Labute approximate surface area is 102 Å². The molecule has 1 saturated heterocycles. The number of hydrogen-bond donors (Lipinski definition) is 2. The Morgan fingerprint density at radius 2 is 2.12 bits per heavy atom. The molecule has 0 aliphatic carbocycles. The molecule has 1 heterocycles. The summed E-state index contributed by atoms with van der Waals surface area (Å²) in [6.07, 6.45) is 0.816. The van der Waals surface area contributed by atoms with Crippen LogP contribution in [0, 0.1) is 0 Å². The van der Waals surface area contributed by atoms with Crippen molar-refractivity contribution in [1.82, 2.24) is 4.90 Å². The molecule has 0 aromatic heterocycles. The maximum absolute atomic E-state index is 12.0. The zero-order valence-corrected chi connectivity index (χ0v) is 11.1. The zero-order chi connectivity index (χ0) is 13.3. The molecule has 0 radical (unpaired) electrons. The standard InChI is InChI=1S/C12H23NO4/c1-11(2,3)17-10(15)13-7-5-6-12(4,16)9(13)8-14/h9,14,16H,5-8H2,1-4H3/t9-,12+/m0/s1. The van der Waals surface area contributed by atoms with E-state index in [0.717, 1.165) is 0 Å². The van der Waals surface area contributed by atoms with Gasteiger partial charge in [-0.25, -0.2) is 4.79 Å². The van der Waals surface area contributed by atoms with Gasteiger partial charge in [-0.1, -0.05) is 0 Å². The van der Waals surface area contributed by atoms with Crippen LogP contribution in [0.15, 0.2) is 0 Å². The first-order chi connectivity index (χ1) is 7.67. The van der Waals surface area contributed by atoms with Crippen molar-refractivity contribution in [2.75, 3.05) is 13.2 Å². The number of likely N-dealkylation sites (tertiary alicyclic amines) is 1. The summed E-state index contributed by atoms with van der Waals surface area (Å²) in [5.74, 6) is 0. The van der Waals surface area contributed by atoms with Gasteiger partial charge in [0, 0.05) is 6.54 Å². The van der Waals surface area contributed by atoms with Crippen LogP contribution in [0.2, 0.25) is 0 Å². The number of piperidine rings is 1. The Morgan fingerprint density at radius 1 is 1.53 bits per heavy atom. The van der Waals surface area contributed by atoms with Gasteiger partial charge in [-0.2, -0.15) is 0 Å². The zero-order valence-electron chi connectivity index (χ0n) is 11.1. The van der Waals surface area contributed by atoms with E-state index >= 15 is 0 Å². The third kappa shape index (κ3) is 3.57. The Morgan fingerprint density at radius 3 is 2.59 bits per heavy atom. The number of hydrogen-bond acceptors (Lipinski definition) is 4. The number of amides is 1. The van der Waals surface area contributed by atoms with E-state index < -0.39 is 23.3 Å². The molecule has 0 bridgehead atoms. The first-order valence-corrected chi connectivity index (χ1v) is 6.00. The number of aliphatic hydroxyl groups is 2. The van der Waals surface area contributed by atoms with Crippen LogP contribution in [0.4, 0.5) is 4.79 Å². The molecule has 1 aliphatic rings. The summed E-state index contributed by atoms with van der Waals surface area (Å²) < 4.78 is 5.27. The van der Waals surface area contributed by atoms with Gasteiger partial charge in [-0.3, -0.25) is 0 Å². The Bertz CT molecular complexity index is 283. The summed E-state index contributed by atoms with van der Waals surface area (Å²) in [6, 6.07) is -0.592. The predicted molar refractivity (Wildman–Crippen MR) is 63.7 cm³/mol. The van der Waals surface area contributed by atoms with E-state index in [2.05, 4.69) is 0 Å². The summed E-state index contributed by atoms with van der Waals surface area (Å²) in [5.41, 5.74) is -1.62. The van der Waals surface area contributed by atoms with Gasteiger partial charge in [0.15, 0.2) is 0 Å². The van der Waals surface area contributed by atoms with Crippen molar-refractivity contribution in [2.24, 2.45) is 0 Å². The number of rotatable bonds is 1. The minimum atomic E-state index is -1.05. The summed E-state index contributed by atoms with van der Waals surface area (Å²) in [4.78, 5) is 13.4. The van der Waals surface area contributed by atoms with Crippen molar-refractivity contribution in [3.8, 4) is 0 Å². The summed E-state index contributed by atoms with van der Waals surface area (Å²) in [6.45, 7) is 7.27. The van der Waals surface area contributed by atoms with Gasteiger partial charge in [-0.15, -0.1) is 0 Å². The van der Waals surface area contributed by atoms with Crippen molar-refractivity contribution in [2.45, 2.75) is 57.8 Å². The lowest BCUT2D eigenvalue weighted by atomic mass is 9.87. The molecule has 5 nitrogen and oxygen atoms in total. The molecule has 1 fully saturated rings. The van der Waals surface area contributed by atoms with E-state index in [1.807, 2.05) is 0 Å². The summed E-state index contributed by atoms with van der Waals surface area (Å²) in [7, 11) is 0. The number of carbonyl (C=O) groups is 1. The summed E-state index contributed by atoms with van der Waals surface area (Å²) >= 11 is 0. The van der Waals surface area contributed by atoms with Gasteiger partial charge in [0.1, 0.15) is 5.60 Å². The maximum Gasteiger partial charge on any atom is 0.410 e. The molecule has 0 saturated carbocycles. The highest BCUT2D eigenvalue weighted by Crippen LogP contribution is 2.28. The van der Waals surface area contributed by atoms with E-state index in [9.17, 15) is 15.0 Å². The van der Waals surface area contributed by atoms with Gasteiger partial charge >= 0.3 is 6.09 Å². The summed E-state index contributed by atoms with van der Waals surface area (Å²) in [5, 5.41) is 19.5. The molecule has 1 rings (SSSR count). The molecular formula is C12H23NO4. The molecular weight excluding hydrogens is 222 g/mol. The lowest BCUT2D eigenvalue weighted by Gasteiger charge is -2.44. The number of carbonyl (C=O) groups excluding carboxylic acids is 1. The van der Waals surface area contributed by atoms with Crippen LogP contribution < -0.4 is 0 Å². The fourth-order valence-electron chi connectivity index (χ4n) is 2.10. The highest BCUT2D eigenvalue weighted by Gasteiger charge is 2.42. The normalized spacial score (nSPS) is 30.2. The molecule has 0 unspecified atom stereocenters. The van der Waals surface area contributed by atoms with Gasteiger partial charge in [0.25, 0.3) is 0 Å². The first kappa shape index (κ1) is 14.3. The van der Waals surface area contributed by atoms with Gasteiger partial charge in [0.05, 0.1) is 18.2 Å². The van der Waals surface area contributed by atoms with E-state index in [1.54, 1.807) is 27.7 Å². The maximum atomic E-state index is 12.0.